The van der Waals surface area contributed by atoms with Gasteiger partial charge in [-0.2, -0.15) is 0 Å². The molecule has 0 fully saturated rings. The summed E-state index contributed by atoms with van der Waals surface area (Å²) < 4.78 is 18.9. The van der Waals surface area contributed by atoms with Crippen molar-refractivity contribution in [1.29, 1.82) is 0 Å². The van der Waals surface area contributed by atoms with Gasteiger partial charge in [0.05, 0.1) is 5.56 Å². The molecule has 0 saturated carbocycles. The Morgan fingerprint density at radius 1 is 1.42 bits per heavy atom. The van der Waals surface area contributed by atoms with Crippen LogP contribution in [0.3, 0.4) is 0 Å². The number of carbonyl (C=O) groups excluding carboxylic acids is 2. The Bertz CT molecular complexity index is 474. The molecule has 0 aromatic heterocycles. The van der Waals surface area contributed by atoms with Crippen LogP contribution in [0.2, 0.25) is 0 Å². The molecule has 1 N–H and O–H groups in total. The number of hydrogen-bond donors (Lipinski definition) is 1. The van der Waals surface area contributed by atoms with Crippen molar-refractivity contribution in [2.24, 2.45) is 0 Å². The van der Waals surface area contributed by atoms with Crippen LogP contribution in [-0.4, -0.2) is 24.3 Å². The molecular weight excluding hydrogens is 249 g/mol. The van der Waals surface area contributed by atoms with Gasteiger partial charge in [0.25, 0.3) is 5.91 Å². The largest absolute Gasteiger partial charge is 0.481 e. The second-order valence-electron chi connectivity index (χ2n) is 4.25. The van der Waals surface area contributed by atoms with Gasteiger partial charge in [0.1, 0.15) is 11.6 Å². The molecule has 0 aliphatic heterocycles. The van der Waals surface area contributed by atoms with Crippen LogP contribution < -0.4 is 10.1 Å². The Balaban J connectivity index is 2.69. The van der Waals surface area contributed by atoms with Gasteiger partial charge in [-0.25, -0.2) is 4.39 Å². The van der Waals surface area contributed by atoms with E-state index in [9.17, 15) is 14.0 Å². The zero-order chi connectivity index (χ0) is 14.4. The molecule has 0 aliphatic carbocycles. The fraction of sp³-hybridized carbons (Fsp3) is 0.429. The molecule has 0 heterocycles. The number of ketones is 1. The summed E-state index contributed by atoms with van der Waals surface area (Å²) in [5.74, 6) is -1.02. The van der Waals surface area contributed by atoms with E-state index in [0.29, 0.717) is 6.54 Å². The lowest BCUT2D eigenvalue weighted by molar-refractivity contribution is -0.127. The van der Waals surface area contributed by atoms with Crippen molar-refractivity contribution in [3.05, 3.63) is 29.6 Å². The number of amides is 1. The van der Waals surface area contributed by atoms with Gasteiger partial charge in [0.2, 0.25) is 0 Å². The monoisotopic (exact) mass is 267 g/mol. The molecule has 0 aliphatic rings. The summed E-state index contributed by atoms with van der Waals surface area (Å²) in [5.41, 5.74) is 0.00966. The van der Waals surface area contributed by atoms with E-state index in [0.717, 1.165) is 12.5 Å². The third-order valence-corrected chi connectivity index (χ3v) is 2.55. The van der Waals surface area contributed by atoms with Crippen molar-refractivity contribution in [3.63, 3.8) is 0 Å². The highest BCUT2D eigenvalue weighted by Gasteiger charge is 2.15. The van der Waals surface area contributed by atoms with Crippen LogP contribution in [0.4, 0.5) is 4.39 Å². The van der Waals surface area contributed by atoms with E-state index in [1.165, 1.54) is 19.1 Å². The van der Waals surface area contributed by atoms with Gasteiger partial charge in [0.15, 0.2) is 11.9 Å². The molecule has 1 atom stereocenters. The van der Waals surface area contributed by atoms with Crippen LogP contribution in [0, 0.1) is 5.82 Å². The predicted octanol–water partition coefficient (Wildman–Crippen LogP) is 2.32. The van der Waals surface area contributed by atoms with E-state index in [-0.39, 0.29) is 23.0 Å². The standard InChI is InChI=1S/C14H18FNO3/c1-4-7-16-14(18)10(3)19-11-5-6-12(9(2)17)13(15)8-11/h5-6,8,10H,4,7H2,1-3H3,(H,16,18). The highest BCUT2D eigenvalue weighted by molar-refractivity contribution is 5.94. The summed E-state index contributed by atoms with van der Waals surface area (Å²) in [6.45, 7) is 5.40. The number of halogens is 1. The van der Waals surface area contributed by atoms with Crippen molar-refractivity contribution in [3.8, 4) is 5.75 Å². The summed E-state index contributed by atoms with van der Waals surface area (Å²) in [5, 5.41) is 2.68. The summed E-state index contributed by atoms with van der Waals surface area (Å²) in [7, 11) is 0. The van der Waals surface area contributed by atoms with Gasteiger partial charge in [0, 0.05) is 12.6 Å². The lowest BCUT2D eigenvalue weighted by atomic mass is 10.1. The maximum absolute atomic E-state index is 13.6. The van der Waals surface area contributed by atoms with E-state index in [1.807, 2.05) is 6.92 Å². The van der Waals surface area contributed by atoms with Crippen LogP contribution in [0.15, 0.2) is 18.2 Å². The lowest BCUT2D eigenvalue weighted by Gasteiger charge is -2.14. The fourth-order valence-electron chi connectivity index (χ4n) is 1.50. The third-order valence-electron chi connectivity index (χ3n) is 2.55. The molecule has 1 aromatic rings. The van der Waals surface area contributed by atoms with E-state index in [2.05, 4.69) is 5.32 Å². The molecular formula is C14H18FNO3. The van der Waals surface area contributed by atoms with Crippen LogP contribution in [0.25, 0.3) is 0 Å². The summed E-state index contributed by atoms with van der Waals surface area (Å²) in [4.78, 5) is 22.7. The van der Waals surface area contributed by atoms with Gasteiger partial charge >= 0.3 is 0 Å². The van der Waals surface area contributed by atoms with E-state index >= 15 is 0 Å². The summed E-state index contributed by atoms with van der Waals surface area (Å²) in [6.07, 6.45) is 0.120. The second-order valence-corrected chi connectivity index (χ2v) is 4.25. The lowest BCUT2D eigenvalue weighted by Crippen LogP contribution is -2.36. The zero-order valence-electron chi connectivity index (χ0n) is 11.3. The van der Waals surface area contributed by atoms with Crippen molar-refractivity contribution < 1.29 is 18.7 Å². The molecule has 1 unspecified atom stereocenters. The normalized spacial score (nSPS) is 11.8. The number of carbonyl (C=O) groups is 2. The average molecular weight is 267 g/mol. The minimum atomic E-state index is -0.714. The highest BCUT2D eigenvalue weighted by Crippen LogP contribution is 2.18. The Labute approximate surface area is 112 Å². The quantitative estimate of drug-likeness (QED) is 0.805. The first-order valence-electron chi connectivity index (χ1n) is 6.20. The van der Waals surface area contributed by atoms with Crippen LogP contribution in [0.5, 0.6) is 5.75 Å². The molecule has 4 nitrogen and oxygen atoms in total. The second kappa shape index (κ2) is 6.87. The zero-order valence-corrected chi connectivity index (χ0v) is 11.3. The smallest absolute Gasteiger partial charge is 0.260 e. The molecule has 5 heteroatoms. The minimum Gasteiger partial charge on any atom is -0.481 e. The van der Waals surface area contributed by atoms with Crippen LogP contribution >= 0.6 is 0 Å². The third kappa shape index (κ3) is 4.35. The number of hydrogen-bond acceptors (Lipinski definition) is 3. The van der Waals surface area contributed by atoms with Crippen LogP contribution in [-0.2, 0) is 4.79 Å². The van der Waals surface area contributed by atoms with Gasteiger partial charge in [-0.1, -0.05) is 6.92 Å². The molecule has 19 heavy (non-hydrogen) atoms. The molecule has 104 valence electrons. The summed E-state index contributed by atoms with van der Waals surface area (Å²) >= 11 is 0. The number of nitrogens with one attached hydrogen (secondary N) is 1. The predicted molar refractivity (Wildman–Crippen MR) is 69.8 cm³/mol. The van der Waals surface area contributed by atoms with Gasteiger partial charge in [-0.15, -0.1) is 0 Å². The molecule has 0 bridgehead atoms. The van der Waals surface area contributed by atoms with E-state index in [4.69, 9.17) is 4.74 Å². The first-order valence-corrected chi connectivity index (χ1v) is 6.20. The van der Waals surface area contributed by atoms with Crippen molar-refractivity contribution in [1.82, 2.24) is 5.32 Å². The fourth-order valence-corrected chi connectivity index (χ4v) is 1.50. The summed E-state index contributed by atoms with van der Waals surface area (Å²) in [6, 6.07) is 3.94. The molecule has 0 radical (unpaired) electrons. The van der Waals surface area contributed by atoms with Crippen molar-refractivity contribution in [2.45, 2.75) is 33.3 Å². The van der Waals surface area contributed by atoms with Gasteiger partial charge in [-0.05, 0) is 32.4 Å². The minimum absolute atomic E-state index is 0.00966. The topological polar surface area (TPSA) is 55.4 Å². The number of rotatable bonds is 6. The Kier molecular flexibility index (Phi) is 5.48. The first kappa shape index (κ1) is 15.1. The van der Waals surface area contributed by atoms with E-state index < -0.39 is 11.9 Å². The average Bonchev–Trinajstić information content (AvgIpc) is 2.35. The Morgan fingerprint density at radius 2 is 2.11 bits per heavy atom. The molecule has 0 saturated heterocycles. The maximum atomic E-state index is 13.6. The molecule has 0 spiro atoms. The maximum Gasteiger partial charge on any atom is 0.260 e. The molecule has 1 aromatic carbocycles. The Morgan fingerprint density at radius 3 is 2.63 bits per heavy atom. The first-order chi connectivity index (χ1) is 8.95. The van der Waals surface area contributed by atoms with Crippen molar-refractivity contribution in [2.75, 3.05) is 6.54 Å². The Hall–Kier alpha value is -1.91. The SMILES string of the molecule is CCCNC(=O)C(C)Oc1ccc(C(C)=O)c(F)c1. The van der Waals surface area contributed by atoms with Gasteiger partial charge in [-0.3, -0.25) is 9.59 Å². The molecule has 1 rings (SSSR count). The highest BCUT2D eigenvalue weighted by atomic mass is 19.1. The molecule has 1 amide bonds. The number of ether oxygens (including phenoxy) is 1. The number of benzene rings is 1. The van der Waals surface area contributed by atoms with Crippen molar-refractivity contribution >= 4 is 11.7 Å². The number of Topliss-reactive ketones (excluding diaryl/α,β-unsaturated/α-hetero) is 1. The van der Waals surface area contributed by atoms with Crippen LogP contribution in [0.1, 0.15) is 37.6 Å². The van der Waals surface area contributed by atoms with E-state index in [1.54, 1.807) is 6.92 Å². The van der Waals surface area contributed by atoms with Gasteiger partial charge < -0.3 is 10.1 Å².